The van der Waals surface area contributed by atoms with Crippen molar-refractivity contribution in [3.8, 4) is 0 Å². The fraction of sp³-hybridized carbons (Fsp3) is 0.267. The highest BCUT2D eigenvalue weighted by Gasteiger charge is 2.12. The number of amides is 1. The van der Waals surface area contributed by atoms with Crippen LogP contribution in [0.25, 0.3) is 0 Å². The van der Waals surface area contributed by atoms with E-state index in [4.69, 9.17) is 4.42 Å². The van der Waals surface area contributed by atoms with Crippen LogP contribution < -0.4 is 5.32 Å². The van der Waals surface area contributed by atoms with Crippen LogP contribution in [0.4, 0.5) is 0 Å². The second-order valence-electron chi connectivity index (χ2n) is 4.58. The molecule has 0 bridgehead atoms. The van der Waals surface area contributed by atoms with Gasteiger partial charge in [-0.1, -0.05) is 12.1 Å². The van der Waals surface area contributed by atoms with Gasteiger partial charge in [0.25, 0.3) is 0 Å². The Morgan fingerprint density at radius 1 is 1.26 bits per heavy atom. The van der Waals surface area contributed by atoms with Gasteiger partial charge in [0.2, 0.25) is 5.91 Å². The van der Waals surface area contributed by atoms with Crippen LogP contribution in [-0.2, 0) is 11.2 Å². The van der Waals surface area contributed by atoms with Gasteiger partial charge in [0.05, 0.1) is 12.5 Å². The van der Waals surface area contributed by atoms with Gasteiger partial charge in [-0.25, -0.2) is 0 Å². The van der Waals surface area contributed by atoms with E-state index in [0.29, 0.717) is 6.42 Å². The van der Waals surface area contributed by atoms with Crippen molar-refractivity contribution in [1.82, 2.24) is 5.32 Å². The van der Waals surface area contributed by atoms with E-state index in [2.05, 4.69) is 17.9 Å². The first-order chi connectivity index (χ1) is 9.04. The topological polar surface area (TPSA) is 42.2 Å². The number of benzene rings is 1. The summed E-state index contributed by atoms with van der Waals surface area (Å²) in [5.41, 5.74) is 0.970. The number of thiol groups is 1. The van der Waals surface area contributed by atoms with Gasteiger partial charge in [-0.3, -0.25) is 4.79 Å². The van der Waals surface area contributed by atoms with Gasteiger partial charge in [-0.05, 0) is 43.7 Å². The summed E-state index contributed by atoms with van der Waals surface area (Å²) in [7, 11) is 0. The summed E-state index contributed by atoms with van der Waals surface area (Å²) in [4.78, 5) is 12.8. The maximum Gasteiger partial charge on any atom is 0.224 e. The van der Waals surface area contributed by atoms with Crippen molar-refractivity contribution in [3.63, 3.8) is 0 Å². The summed E-state index contributed by atoms with van der Waals surface area (Å²) in [6.45, 7) is 3.80. The maximum absolute atomic E-state index is 11.9. The molecular weight excluding hydrogens is 258 g/mol. The summed E-state index contributed by atoms with van der Waals surface area (Å²) in [6.07, 6.45) is 0.359. The van der Waals surface area contributed by atoms with Crippen molar-refractivity contribution < 1.29 is 9.21 Å². The molecule has 0 spiro atoms. The Balaban J connectivity index is 1.92. The first-order valence-corrected chi connectivity index (χ1v) is 6.63. The Morgan fingerprint density at radius 2 is 1.95 bits per heavy atom. The van der Waals surface area contributed by atoms with Gasteiger partial charge in [-0.15, -0.1) is 12.6 Å². The molecule has 19 heavy (non-hydrogen) atoms. The van der Waals surface area contributed by atoms with Gasteiger partial charge < -0.3 is 9.73 Å². The van der Waals surface area contributed by atoms with E-state index in [1.54, 1.807) is 0 Å². The zero-order valence-corrected chi connectivity index (χ0v) is 11.9. The first-order valence-electron chi connectivity index (χ1n) is 6.18. The van der Waals surface area contributed by atoms with E-state index in [-0.39, 0.29) is 11.9 Å². The molecule has 1 heterocycles. The zero-order valence-electron chi connectivity index (χ0n) is 11.0. The molecule has 3 nitrogen and oxygen atoms in total. The third-order valence-corrected chi connectivity index (χ3v) is 3.16. The van der Waals surface area contributed by atoms with Gasteiger partial charge in [-0.2, -0.15) is 0 Å². The number of hydrogen-bond acceptors (Lipinski definition) is 3. The number of nitrogens with one attached hydrogen (secondary N) is 1. The Hall–Kier alpha value is -1.68. The van der Waals surface area contributed by atoms with Gasteiger partial charge in [0.1, 0.15) is 11.5 Å². The van der Waals surface area contributed by atoms with Crippen molar-refractivity contribution in [1.29, 1.82) is 0 Å². The molecule has 1 N–H and O–H groups in total. The lowest BCUT2D eigenvalue weighted by Gasteiger charge is -2.11. The van der Waals surface area contributed by atoms with E-state index < -0.39 is 0 Å². The summed E-state index contributed by atoms with van der Waals surface area (Å²) in [5, 5.41) is 2.92. The Bertz CT molecular complexity index is 560. The molecule has 1 aromatic carbocycles. The molecule has 1 aromatic heterocycles. The molecule has 2 rings (SSSR count). The lowest BCUT2D eigenvalue weighted by Crippen LogP contribution is -2.27. The number of carbonyl (C=O) groups is 1. The van der Waals surface area contributed by atoms with Gasteiger partial charge in [0.15, 0.2) is 0 Å². The molecule has 1 unspecified atom stereocenters. The number of carbonyl (C=O) groups excluding carboxylic acids is 1. The Labute approximate surface area is 118 Å². The van der Waals surface area contributed by atoms with Crippen molar-refractivity contribution >= 4 is 18.5 Å². The minimum absolute atomic E-state index is 0.0199. The predicted molar refractivity (Wildman–Crippen MR) is 77.4 cm³/mol. The van der Waals surface area contributed by atoms with Crippen LogP contribution in [0.3, 0.4) is 0 Å². The van der Waals surface area contributed by atoms with Crippen molar-refractivity contribution in [2.75, 3.05) is 0 Å². The van der Waals surface area contributed by atoms with Crippen molar-refractivity contribution in [3.05, 3.63) is 53.5 Å². The van der Waals surface area contributed by atoms with Crippen LogP contribution >= 0.6 is 12.6 Å². The summed E-state index contributed by atoms with van der Waals surface area (Å²) >= 11 is 4.21. The normalized spacial score (nSPS) is 12.2. The molecule has 1 amide bonds. The predicted octanol–water partition coefficient (Wildman–Crippen LogP) is 3.30. The first kappa shape index (κ1) is 13.7. The van der Waals surface area contributed by atoms with Gasteiger partial charge in [0, 0.05) is 4.90 Å². The molecule has 0 radical (unpaired) electrons. The highest BCUT2D eigenvalue weighted by atomic mass is 32.1. The molecule has 0 saturated carbocycles. The average Bonchev–Trinajstić information content (AvgIpc) is 2.79. The van der Waals surface area contributed by atoms with E-state index in [1.165, 1.54) is 0 Å². The minimum atomic E-state index is -0.120. The number of furan rings is 1. The van der Waals surface area contributed by atoms with E-state index >= 15 is 0 Å². The number of hydrogen-bond donors (Lipinski definition) is 2. The third kappa shape index (κ3) is 3.89. The average molecular weight is 275 g/mol. The Kier molecular flexibility index (Phi) is 4.32. The van der Waals surface area contributed by atoms with E-state index in [1.807, 2.05) is 50.2 Å². The number of aryl methyl sites for hydroxylation is 1. The lowest BCUT2D eigenvalue weighted by molar-refractivity contribution is -0.121. The van der Waals surface area contributed by atoms with Crippen LogP contribution in [0.5, 0.6) is 0 Å². The summed E-state index contributed by atoms with van der Waals surface area (Å²) < 4.78 is 5.49. The van der Waals surface area contributed by atoms with Crippen LogP contribution in [0.2, 0.25) is 0 Å². The molecule has 1 atom stereocenters. The fourth-order valence-electron chi connectivity index (χ4n) is 1.85. The second-order valence-corrected chi connectivity index (χ2v) is 5.10. The van der Waals surface area contributed by atoms with Crippen LogP contribution in [0.1, 0.15) is 30.0 Å². The molecule has 0 aliphatic rings. The van der Waals surface area contributed by atoms with E-state index in [0.717, 1.165) is 22.0 Å². The quantitative estimate of drug-likeness (QED) is 0.841. The molecule has 100 valence electrons. The van der Waals surface area contributed by atoms with Gasteiger partial charge >= 0.3 is 0 Å². The van der Waals surface area contributed by atoms with Crippen molar-refractivity contribution in [2.24, 2.45) is 0 Å². The third-order valence-electron chi connectivity index (χ3n) is 2.87. The standard InChI is InChI=1S/C15H17NO2S/c1-10-3-8-14(18-10)11(2)16-15(17)9-12-4-6-13(19)7-5-12/h3-8,11,19H,9H2,1-2H3,(H,16,17). The summed E-state index contributed by atoms with van der Waals surface area (Å²) in [5.74, 6) is 1.60. The second kappa shape index (κ2) is 5.97. The SMILES string of the molecule is Cc1ccc(C(C)NC(=O)Cc2ccc(S)cc2)o1. The fourth-order valence-corrected chi connectivity index (χ4v) is 2.00. The zero-order chi connectivity index (χ0) is 13.8. The smallest absolute Gasteiger partial charge is 0.224 e. The largest absolute Gasteiger partial charge is 0.464 e. The van der Waals surface area contributed by atoms with Crippen LogP contribution in [-0.4, -0.2) is 5.91 Å². The molecule has 4 heteroatoms. The number of rotatable bonds is 4. The van der Waals surface area contributed by atoms with E-state index in [9.17, 15) is 4.79 Å². The monoisotopic (exact) mass is 275 g/mol. The molecule has 2 aromatic rings. The molecule has 0 saturated heterocycles. The molecular formula is C15H17NO2S. The molecule has 0 aliphatic heterocycles. The maximum atomic E-state index is 11.9. The molecule has 0 fully saturated rings. The Morgan fingerprint density at radius 3 is 2.53 bits per heavy atom. The van der Waals surface area contributed by atoms with Crippen LogP contribution in [0.15, 0.2) is 45.7 Å². The summed E-state index contributed by atoms with van der Waals surface area (Å²) in [6, 6.07) is 11.2. The minimum Gasteiger partial charge on any atom is -0.464 e. The highest BCUT2D eigenvalue weighted by Crippen LogP contribution is 2.16. The van der Waals surface area contributed by atoms with Crippen molar-refractivity contribution in [2.45, 2.75) is 31.2 Å². The lowest BCUT2D eigenvalue weighted by atomic mass is 10.1. The molecule has 0 aliphatic carbocycles. The highest BCUT2D eigenvalue weighted by molar-refractivity contribution is 7.80. The van der Waals surface area contributed by atoms with Crippen LogP contribution in [0, 0.1) is 6.92 Å².